The van der Waals surface area contributed by atoms with Crippen molar-refractivity contribution in [2.45, 2.75) is 71.8 Å². The number of rotatable bonds is 14. The van der Waals surface area contributed by atoms with Gasteiger partial charge in [-0.05, 0) is 54.2 Å². The van der Waals surface area contributed by atoms with Crippen LogP contribution in [-0.2, 0) is 0 Å². The normalized spacial score (nSPS) is 12.2. The highest BCUT2D eigenvalue weighted by Gasteiger charge is 2.08. The summed E-state index contributed by atoms with van der Waals surface area (Å²) in [6, 6.07) is 16.3. The van der Waals surface area contributed by atoms with E-state index in [4.69, 9.17) is 9.47 Å². The second-order valence-electron chi connectivity index (χ2n) is 8.26. The average Bonchev–Trinajstić information content (AvgIpc) is 2.72. The molecule has 0 saturated heterocycles. The molecular formula is C26H38O3. The summed E-state index contributed by atoms with van der Waals surface area (Å²) in [4.78, 5) is 0. The third-order valence-electron chi connectivity index (χ3n) is 4.99. The summed E-state index contributed by atoms with van der Waals surface area (Å²) in [5, 5.41) is 9.93. The van der Waals surface area contributed by atoms with Crippen LogP contribution in [0.4, 0.5) is 0 Å². The maximum absolute atomic E-state index is 9.93. The van der Waals surface area contributed by atoms with E-state index >= 15 is 0 Å². The zero-order valence-electron chi connectivity index (χ0n) is 18.4. The number of unbranched alkanes of at least 4 members (excludes halogenated alkanes) is 5. The van der Waals surface area contributed by atoms with Crippen LogP contribution in [0.1, 0.15) is 65.7 Å². The van der Waals surface area contributed by atoms with Gasteiger partial charge in [-0.15, -0.1) is 0 Å². The van der Waals surface area contributed by atoms with Gasteiger partial charge in [0.1, 0.15) is 18.1 Å². The standard InChI is InChI=1S/C26H38O3/c1-4-5-6-7-8-9-18-28-25-14-10-22(11-15-25)23-12-16-26(17-13-23)29-20-24(27)19-21(2)3/h10-17,21,24,27H,4-9,18-20H2,1-3H3/t24-/m0/s1. The van der Waals surface area contributed by atoms with E-state index in [1.165, 1.54) is 32.1 Å². The molecule has 0 aromatic heterocycles. The van der Waals surface area contributed by atoms with Crippen LogP contribution in [0.15, 0.2) is 48.5 Å². The summed E-state index contributed by atoms with van der Waals surface area (Å²) < 4.78 is 11.6. The molecular weight excluding hydrogens is 360 g/mol. The lowest BCUT2D eigenvalue weighted by molar-refractivity contribution is 0.0893. The summed E-state index contributed by atoms with van der Waals surface area (Å²) in [5.74, 6) is 2.19. The number of ether oxygens (including phenoxy) is 2. The fraction of sp³-hybridized carbons (Fsp3) is 0.538. The molecule has 0 bridgehead atoms. The predicted octanol–water partition coefficient (Wildman–Crippen LogP) is 6.88. The molecule has 1 atom stereocenters. The lowest BCUT2D eigenvalue weighted by Crippen LogP contribution is -2.19. The number of aliphatic hydroxyl groups is 1. The van der Waals surface area contributed by atoms with E-state index in [-0.39, 0.29) is 0 Å². The predicted molar refractivity (Wildman–Crippen MR) is 122 cm³/mol. The number of aliphatic hydroxyl groups excluding tert-OH is 1. The van der Waals surface area contributed by atoms with Gasteiger partial charge in [0.05, 0.1) is 12.7 Å². The fourth-order valence-electron chi connectivity index (χ4n) is 3.36. The van der Waals surface area contributed by atoms with E-state index in [0.29, 0.717) is 12.5 Å². The second-order valence-corrected chi connectivity index (χ2v) is 8.26. The van der Waals surface area contributed by atoms with Crippen LogP contribution in [-0.4, -0.2) is 24.4 Å². The maximum atomic E-state index is 9.93. The quantitative estimate of drug-likeness (QED) is 0.353. The average molecular weight is 399 g/mol. The minimum Gasteiger partial charge on any atom is -0.494 e. The topological polar surface area (TPSA) is 38.7 Å². The van der Waals surface area contributed by atoms with E-state index in [1.54, 1.807) is 0 Å². The minimum atomic E-state index is -0.418. The Labute approximate surface area is 177 Å². The Bertz CT molecular complexity index is 661. The van der Waals surface area contributed by atoms with E-state index < -0.39 is 6.10 Å². The molecule has 0 aliphatic carbocycles. The Hall–Kier alpha value is -2.00. The largest absolute Gasteiger partial charge is 0.494 e. The van der Waals surface area contributed by atoms with E-state index in [0.717, 1.165) is 42.1 Å². The molecule has 0 heterocycles. The summed E-state index contributed by atoms with van der Waals surface area (Å²) in [6.45, 7) is 7.57. The van der Waals surface area contributed by atoms with Crippen LogP contribution >= 0.6 is 0 Å². The van der Waals surface area contributed by atoms with Crippen LogP contribution in [0.25, 0.3) is 11.1 Å². The molecule has 0 spiro atoms. The van der Waals surface area contributed by atoms with Gasteiger partial charge in [0.25, 0.3) is 0 Å². The van der Waals surface area contributed by atoms with Gasteiger partial charge in [0.2, 0.25) is 0 Å². The number of hydrogen-bond acceptors (Lipinski definition) is 3. The third-order valence-corrected chi connectivity index (χ3v) is 4.99. The van der Waals surface area contributed by atoms with Crippen molar-refractivity contribution in [1.29, 1.82) is 0 Å². The van der Waals surface area contributed by atoms with Gasteiger partial charge < -0.3 is 14.6 Å². The molecule has 0 unspecified atom stereocenters. The molecule has 1 N–H and O–H groups in total. The number of benzene rings is 2. The molecule has 160 valence electrons. The summed E-state index contributed by atoms with van der Waals surface area (Å²) in [6.07, 6.45) is 8.00. The van der Waals surface area contributed by atoms with Crippen molar-refractivity contribution in [2.24, 2.45) is 5.92 Å². The Balaban J connectivity index is 1.74. The molecule has 0 radical (unpaired) electrons. The van der Waals surface area contributed by atoms with Crippen LogP contribution in [0.3, 0.4) is 0 Å². The molecule has 0 saturated carbocycles. The molecule has 29 heavy (non-hydrogen) atoms. The Morgan fingerprint density at radius 2 is 1.24 bits per heavy atom. The first-order chi connectivity index (χ1) is 14.1. The molecule has 0 amide bonds. The fourth-order valence-corrected chi connectivity index (χ4v) is 3.36. The van der Waals surface area contributed by atoms with Crippen molar-refractivity contribution in [3.8, 4) is 22.6 Å². The highest BCUT2D eigenvalue weighted by molar-refractivity contribution is 5.64. The summed E-state index contributed by atoms with van der Waals surface area (Å²) in [7, 11) is 0. The first-order valence-electron chi connectivity index (χ1n) is 11.2. The van der Waals surface area contributed by atoms with Gasteiger partial charge in [-0.1, -0.05) is 77.1 Å². The van der Waals surface area contributed by atoms with Crippen LogP contribution < -0.4 is 9.47 Å². The van der Waals surface area contributed by atoms with Crippen LogP contribution in [0.2, 0.25) is 0 Å². The Kier molecular flexibility index (Phi) is 10.6. The van der Waals surface area contributed by atoms with Gasteiger partial charge in [-0.2, -0.15) is 0 Å². The van der Waals surface area contributed by atoms with Crippen molar-refractivity contribution in [1.82, 2.24) is 0 Å². The zero-order chi connectivity index (χ0) is 20.9. The van der Waals surface area contributed by atoms with Crippen LogP contribution in [0, 0.1) is 5.92 Å². The van der Waals surface area contributed by atoms with Crippen molar-refractivity contribution < 1.29 is 14.6 Å². The third kappa shape index (κ3) is 9.36. The zero-order valence-corrected chi connectivity index (χ0v) is 18.4. The van der Waals surface area contributed by atoms with Gasteiger partial charge in [0, 0.05) is 0 Å². The van der Waals surface area contributed by atoms with Crippen molar-refractivity contribution in [2.75, 3.05) is 13.2 Å². The van der Waals surface area contributed by atoms with E-state index in [2.05, 4.69) is 45.0 Å². The second kappa shape index (κ2) is 13.3. The molecule has 0 aliphatic rings. The highest BCUT2D eigenvalue weighted by atomic mass is 16.5. The molecule has 2 rings (SSSR count). The summed E-state index contributed by atoms with van der Waals surface area (Å²) in [5.41, 5.74) is 2.30. The monoisotopic (exact) mass is 398 g/mol. The van der Waals surface area contributed by atoms with E-state index in [9.17, 15) is 5.11 Å². The molecule has 3 heteroatoms. The van der Waals surface area contributed by atoms with Gasteiger partial charge in [-0.3, -0.25) is 0 Å². The van der Waals surface area contributed by atoms with Gasteiger partial charge in [-0.25, -0.2) is 0 Å². The van der Waals surface area contributed by atoms with Crippen molar-refractivity contribution in [3.05, 3.63) is 48.5 Å². The maximum Gasteiger partial charge on any atom is 0.119 e. The molecule has 2 aromatic rings. The first kappa shape index (κ1) is 23.3. The van der Waals surface area contributed by atoms with Crippen LogP contribution in [0.5, 0.6) is 11.5 Å². The Morgan fingerprint density at radius 1 is 0.724 bits per heavy atom. The first-order valence-corrected chi connectivity index (χ1v) is 11.2. The van der Waals surface area contributed by atoms with Crippen molar-refractivity contribution in [3.63, 3.8) is 0 Å². The lowest BCUT2D eigenvalue weighted by atomic mass is 10.1. The molecule has 2 aromatic carbocycles. The summed E-state index contributed by atoms with van der Waals surface area (Å²) >= 11 is 0. The lowest BCUT2D eigenvalue weighted by Gasteiger charge is -2.14. The van der Waals surface area contributed by atoms with Gasteiger partial charge >= 0.3 is 0 Å². The molecule has 0 fully saturated rings. The SMILES string of the molecule is CCCCCCCCOc1ccc(-c2ccc(OC[C@@H](O)CC(C)C)cc2)cc1. The smallest absolute Gasteiger partial charge is 0.119 e. The molecule has 0 aliphatic heterocycles. The molecule has 3 nitrogen and oxygen atoms in total. The Morgan fingerprint density at radius 3 is 1.79 bits per heavy atom. The number of hydrogen-bond donors (Lipinski definition) is 1. The van der Waals surface area contributed by atoms with E-state index in [1.807, 2.05) is 24.3 Å². The van der Waals surface area contributed by atoms with Crippen molar-refractivity contribution >= 4 is 0 Å². The highest BCUT2D eigenvalue weighted by Crippen LogP contribution is 2.25. The minimum absolute atomic E-state index is 0.335. The van der Waals surface area contributed by atoms with Gasteiger partial charge in [0.15, 0.2) is 0 Å².